The van der Waals surface area contributed by atoms with E-state index in [-0.39, 0.29) is 5.54 Å². The van der Waals surface area contributed by atoms with Gasteiger partial charge in [-0.3, -0.25) is 4.68 Å². The van der Waals surface area contributed by atoms with E-state index in [1.54, 1.807) is 0 Å². The number of nitrogens with zero attached hydrogens (tertiary/aromatic N) is 2. The van der Waals surface area contributed by atoms with E-state index in [4.69, 9.17) is 0 Å². The first kappa shape index (κ1) is 10.3. The molecule has 13 heavy (non-hydrogen) atoms. The quantitative estimate of drug-likeness (QED) is 0.767. The Hall–Kier alpha value is -0.830. The van der Waals surface area contributed by atoms with Crippen molar-refractivity contribution in [2.24, 2.45) is 0 Å². The van der Waals surface area contributed by atoms with Crippen molar-refractivity contribution in [1.82, 2.24) is 15.1 Å². The van der Waals surface area contributed by atoms with Crippen molar-refractivity contribution in [2.75, 3.05) is 6.54 Å². The minimum Gasteiger partial charge on any atom is -0.310 e. The van der Waals surface area contributed by atoms with Crippen LogP contribution in [0.15, 0.2) is 12.3 Å². The van der Waals surface area contributed by atoms with Gasteiger partial charge in [-0.15, -0.1) is 0 Å². The van der Waals surface area contributed by atoms with E-state index in [9.17, 15) is 0 Å². The summed E-state index contributed by atoms with van der Waals surface area (Å²) in [6.45, 7) is 10.4. The molecular formula is C10H19N3. The highest BCUT2D eigenvalue weighted by Gasteiger charge is 2.07. The van der Waals surface area contributed by atoms with Crippen LogP contribution in [0.25, 0.3) is 0 Å². The highest BCUT2D eigenvalue weighted by molar-refractivity contribution is 4.94. The summed E-state index contributed by atoms with van der Waals surface area (Å²) in [6, 6.07) is 2.02. The second-order valence-corrected chi connectivity index (χ2v) is 4.40. The second-order valence-electron chi connectivity index (χ2n) is 4.40. The van der Waals surface area contributed by atoms with Crippen LogP contribution in [-0.2, 0) is 6.54 Å². The van der Waals surface area contributed by atoms with Gasteiger partial charge in [0.25, 0.3) is 0 Å². The van der Waals surface area contributed by atoms with E-state index in [0.717, 1.165) is 18.8 Å². The van der Waals surface area contributed by atoms with Crippen molar-refractivity contribution in [3.8, 4) is 0 Å². The van der Waals surface area contributed by atoms with Crippen LogP contribution in [0.1, 0.15) is 26.5 Å². The van der Waals surface area contributed by atoms with Gasteiger partial charge in [0.1, 0.15) is 0 Å². The summed E-state index contributed by atoms with van der Waals surface area (Å²) >= 11 is 0. The molecule has 1 heterocycles. The smallest absolute Gasteiger partial charge is 0.0593 e. The molecule has 0 aliphatic rings. The fourth-order valence-corrected chi connectivity index (χ4v) is 1.13. The number of aromatic nitrogens is 2. The molecule has 0 aliphatic carbocycles. The zero-order chi connectivity index (χ0) is 9.90. The number of rotatable bonds is 3. The van der Waals surface area contributed by atoms with Gasteiger partial charge >= 0.3 is 0 Å². The third kappa shape index (κ3) is 4.08. The Morgan fingerprint density at radius 1 is 1.46 bits per heavy atom. The molecular weight excluding hydrogens is 162 g/mol. The van der Waals surface area contributed by atoms with Gasteiger partial charge in [0, 0.05) is 18.3 Å². The van der Waals surface area contributed by atoms with Gasteiger partial charge in [-0.05, 0) is 33.8 Å². The maximum absolute atomic E-state index is 4.31. The number of hydrogen-bond acceptors (Lipinski definition) is 2. The molecule has 0 radical (unpaired) electrons. The molecule has 1 N–H and O–H groups in total. The molecule has 1 rings (SSSR count). The van der Waals surface area contributed by atoms with Gasteiger partial charge in [-0.25, -0.2) is 0 Å². The van der Waals surface area contributed by atoms with Crippen LogP contribution in [0, 0.1) is 6.92 Å². The highest BCUT2D eigenvalue weighted by atomic mass is 15.3. The molecule has 0 saturated carbocycles. The third-order valence-electron chi connectivity index (χ3n) is 1.77. The third-order valence-corrected chi connectivity index (χ3v) is 1.77. The Morgan fingerprint density at radius 2 is 2.15 bits per heavy atom. The molecule has 0 aliphatic heterocycles. The molecule has 0 unspecified atom stereocenters. The Kier molecular flexibility index (Phi) is 3.09. The summed E-state index contributed by atoms with van der Waals surface area (Å²) < 4.78 is 1.97. The van der Waals surface area contributed by atoms with Crippen LogP contribution in [0.5, 0.6) is 0 Å². The molecule has 0 fully saturated rings. The van der Waals surface area contributed by atoms with Gasteiger partial charge in [-0.2, -0.15) is 5.10 Å². The predicted octanol–water partition coefficient (Wildman–Crippen LogP) is 1.58. The average Bonchev–Trinajstić information content (AvgIpc) is 2.33. The van der Waals surface area contributed by atoms with Gasteiger partial charge in [0.2, 0.25) is 0 Å². The Labute approximate surface area is 80.1 Å². The van der Waals surface area contributed by atoms with Crippen LogP contribution in [0.2, 0.25) is 0 Å². The standard InChI is InChI=1S/C10H19N3/c1-9-5-7-13(12-9)8-6-11-10(2,3)4/h5,7,11H,6,8H2,1-4H3. The minimum atomic E-state index is 0.197. The maximum Gasteiger partial charge on any atom is 0.0593 e. The number of nitrogens with one attached hydrogen (secondary N) is 1. The molecule has 0 amide bonds. The van der Waals surface area contributed by atoms with E-state index >= 15 is 0 Å². The minimum absolute atomic E-state index is 0.197. The number of aryl methyl sites for hydroxylation is 1. The zero-order valence-electron chi connectivity index (χ0n) is 8.96. The summed E-state index contributed by atoms with van der Waals surface area (Å²) in [5.41, 5.74) is 1.28. The monoisotopic (exact) mass is 181 g/mol. The molecule has 0 spiro atoms. The molecule has 0 aromatic carbocycles. The molecule has 3 nitrogen and oxygen atoms in total. The summed E-state index contributed by atoms with van der Waals surface area (Å²) in [7, 11) is 0. The van der Waals surface area contributed by atoms with Crippen molar-refractivity contribution >= 4 is 0 Å². The van der Waals surface area contributed by atoms with E-state index in [1.165, 1.54) is 0 Å². The molecule has 0 atom stereocenters. The number of hydrogen-bond donors (Lipinski definition) is 1. The lowest BCUT2D eigenvalue weighted by Gasteiger charge is -2.20. The fraction of sp³-hybridized carbons (Fsp3) is 0.700. The van der Waals surface area contributed by atoms with Crippen LogP contribution in [0.3, 0.4) is 0 Å². The lowest BCUT2D eigenvalue weighted by atomic mass is 10.1. The topological polar surface area (TPSA) is 29.9 Å². The van der Waals surface area contributed by atoms with Crippen LogP contribution in [0.4, 0.5) is 0 Å². The van der Waals surface area contributed by atoms with E-state index in [0.29, 0.717) is 0 Å². The first-order valence-electron chi connectivity index (χ1n) is 4.72. The molecule has 3 heteroatoms. The Bertz CT molecular complexity index is 257. The van der Waals surface area contributed by atoms with Crippen molar-refractivity contribution < 1.29 is 0 Å². The molecule has 0 saturated heterocycles. The largest absolute Gasteiger partial charge is 0.310 e. The van der Waals surface area contributed by atoms with Crippen molar-refractivity contribution in [3.05, 3.63) is 18.0 Å². The van der Waals surface area contributed by atoms with Crippen LogP contribution < -0.4 is 5.32 Å². The fourth-order valence-electron chi connectivity index (χ4n) is 1.13. The normalized spacial score (nSPS) is 12.0. The highest BCUT2D eigenvalue weighted by Crippen LogP contribution is 1.98. The van der Waals surface area contributed by atoms with Gasteiger partial charge < -0.3 is 5.32 Å². The molecule has 1 aromatic heterocycles. The van der Waals surface area contributed by atoms with Gasteiger partial charge in [0.05, 0.1) is 12.2 Å². The lowest BCUT2D eigenvalue weighted by Crippen LogP contribution is -2.37. The first-order chi connectivity index (χ1) is 5.97. The SMILES string of the molecule is Cc1ccn(CCNC(C)(C)C)n1. The zero-order valence-corrected chi connectivity index (χ0v) is 8.96. The second kappa shape index (κ2) is 3.92. The Morgan fingerprint density at radius 3 is 2.62 bits per heavy atom. The van der Waals surface area contributed by atoms with Gasteiger partial charge in [0.15, 0.2) is 0 Å². The van der Waals surface area contributed by atoms with E-state index in [1.807, 2.05) is 23.9 Å². The summed E-state index contributed by atoms with van der Waals surface area (Å²) in [4.78, 5) is 0. The van der Waals surface area contributed by atoms with Crippen molar-refractivity contribution in [3.63, 3.8) is 0 Å². The first-order valence-corrected chi connectivity index (χ1v) is 4.72. The van der Waals surface area contributed by atoms with Crippen LogP contribution in [-0.4, -0.2) is 21.9 Å². The molecule has 1 aromatic rings. The maximum atomic E-state index is 4.31. The molecule has 0 bridgehead atoms. The Balaban J connectivity index is 2.28. The van der Waals surface area contributed by atoms with Gasteiger partial charge in [-0.1, -0.05) is 0 Å². The predicted molar refractivity (Wildman–Crippen MR) is 54.7 cm³/mol. The van der Waals surface area contributed by atoms with E-state index < -0.39 is 0 Å². The lowest BCUT2D eigenvalue weighted by molar-refractivity contribution is 0.405. The van der Waals surface area contributed by atoms with Crippen molar-refractivity contribution in [1.29, 1.82) is 0 Å². The average molecular weight is 181 g/mol. The summed E-state index contributed by atoms with van der Waals surface area (Å²) in [6.07, 6.45) is 2.01. The van der Waals surface area contributed by atoms with E-state index in [2.05, 4.69) is 31.2 Å². The summed E-state index contributed by atoms with van der Waals surface area (Å²) in [5.74, 6) is 0. The molecule has 74 valence electrons. The van der Waals surface area contributed by atoms with Crippen LogP contribution >= 0.6 is 0 Å². The van der Waals surface area contributed by atoms with Crippen molar-refractivity contribution in [2.45, 2.75) is 39.8 Å². The summed E-state index contributed by atoms with van der Waals surface area (Å²) in [5, 5.41) is 7.73.